The summed E-state index contributed by atoms with van der Waals surface area (Å²) < 4.78 is 16.8. The van der Waals surface area contributed by atoms with E-state index in [0.29, 0.717) is 29.2 Å². The van der Waals surface area contributed by atoms with Gasteiger partial charge < -0.3 is 9.47 Å². The summed E-state index contributed by atoms with van der Waals surface area (Å²) in [5, 5.41) is 9.39. The van der Waals surface area contributed by atoms with Gasteiger partial charge in [0.15, 0.2) is 0 Å². The summed E-state index contributed by atoms with van der Waals surface area (Å²) in [6, 6.07) is 13.2. The second-order valence-corrected chi connectivity index (χ2v) is 10.1. The van der Waals surface area contributed by atoms with Crippen molar-refractivity contribution in [2.24, 2.45) is 7.05 Å². The Kier molecular flexibility index (Phi) is 6.10. The second-order valence-electron chi connectivity index (χ2n) is 10.1. The van der Waals surface area contributed by atoms with Crippen LogP contribution in [0.5, 0.6) is 0 Å². The number of hydrogen-bond donors (Lipinski definition) is 0. The van der Waals surface area contributed by atoms with E-state index in [1.165, 1.54) is 0 Å². The molecule has 1 unspecified atom stereocenters. The van der Waals surface area contributed by atoms with Crippen LogP contribution in [-0.4, -0.2) is 39.6 Å². The lowest BCUT2D eigenvalue weighted by atomic mass is 9.95. The first kappa shape index (κ1) is 23.5. The number of nitriles is 1. The van der Waals surface area contributed by atoms with Crippen LogP contribution in [0.1, 0.15) is 68.8 Å². The van der Waals surface area contributed by atoms with Crippen molar-refractivity contribution >= 4 is 16.7 Å². The summed E-state index contributed by atoms with van der Waals surface area (Å²) in [6.07, 6.45) is 3.14. The van der Waals surface area contributed by atoms with Crippen LogP contribution in [0.2, 0.25) is 0 Å². The highest BCUT2D eigenvalue weighted by molar-refractivity contribution is 5.89. The summed E-state index contributed by atoms with van der Waals surface area (Å²) in [7, 11) is 1.72. The summed E-state index contributed by atoms with van der Waals surface area (Å²) in [5.41, 5.74) is 4.23. The lowest BCUT2D eigenvalue weighted by Gasteiger charge is -2.48. The first-order chi connectivity index (χ1) is 16.8. The third-order valence-corrected chi connectivity index (χ3v) is 7.75. The average Bonchev–Trinajstić information content (AvgIpc) is 3.70. The molecule has 1 saturated carbocycles. The predicted molar refractivity (Wildman–Crippen MR) is 136 cm³/mol. The fourth-order valence-corrected chi connectivity index (χ4v) is 5.63. The third-order valence-electron chi connectivity index (χ3n) is 7.75. The van der Waals surface area contributed by atoms with Crippen LogP contribution in [0, 0.1) is 17.1 Å². The van der Waals surface area contributed by atoms with Gasteiger partial charge in [0.1, 0.15) is 23.1 Å². The molecule has 2 aromatic heterocycles. The topological polar surface area (TPSA) is 65.2 Å². The van der Waals surface area contributed by atoms with Crippen molar-refractivity contribution in [1.82, 2.24) is 14.5 Å². The van der Waals surface area contributed by atoms with Crippen LogP contribution in [0.4, 0.5) is 10.1 Å². The normalized spacial score (nSPS) is 21.8. The minimum absolute atomic E-state index is 0.00782. The maximum atomic E-state index is 15.2. The van der Waals surface area contributed by atoms with Crippen molar-refractivity contribution in [3.8, 4) is 6.07 Å². The Labute approximate surface area is 205 Å². The molecular weight excluding hydrogens is 441 g/mol. The zero-order chi connectivity index (χ0) is 24.9. The van der Waals surface area contributed by atoms with Gasteiger partial charge in [0.2, 0.25) is 0 Å². The van der Waals surface area contributed by atoms with E-state index >= 15 is 4.39 Å². The molecular formula is C28H32FN5O. The molecule has 2 fully saturated rings. The van der Waals surface area contributed by atoms with E-state index in [1.807, 2.05) is 6.07 Å². The monoisotopic (exact) mass is 473 g/mol. The number of aryl methyl sites for hydroxylation is 1. The van der Waals surface area contributed by atoms with Crippen molar-refractivity contribution in [3.05, 3.63) is 69.4 Å². The predicted octanol–water partition coefficient (Wildman–Crippen LogP) is 4.87. The molecule has 0 radical (unpaired) electrons. The van der Waals surface area contributed by atoms with Gasteiger partial charge in [-0.05, 0) is 62.8 Å². The van der Waals surface area contributed by atoms with Crippen LogP contribution in [0.3, 0.4) is 0 Å². The average molecular weight is 474 g/mol. The van der Waals surface area contributed by atoms with E-state index in [-0.39, 0.29) is 29.5 Å². The Hall–Kier alpha value is -3.24. The first-order valence-corrected chi connectivity index (χ1v) is 12.5. The number of piperazine rings is 1. The SMILES string of the molecule is CCC(c1ccc(C2CC2)cc1F)N1C[C@H](C)N(c2cc(=O)n(C)c3ccc(C#N)nc23)C[C@H]1C. The zero-order valence-electron chi connectivity index (χ0n) is 20.8. The van der Waals surface area contributed by atoms with Gasteiger partial charge in [0.05, 0.1) is 11.2 Å². The van der Waals surface area contributed by atoms with Gasteiger partial charge in [-0.2, -0.15) is 5.26 Å². The highest BCUT2D eigenvalue weighted by atomic mass is 19.1. The molecule has 3 aromatic rings. The zero-order valence-corrected chi connectivity index (χ0v) is 20.8. The van der Waals surface area contributed by atoms with Crippen LogP contribution < -0.4 is 10.5 Å². The van der Waals surface area contributed by atoms with Crippen LogP contribution >= 0.6 is 0 Å². The maximum absolute atomic E-state index is 15.2. The van der Waals surface area contributed by atoms with Crippen molar-refractivity contribution in [2.75, 3.05) is 18.0 Å². The Bertz CT molecular complexity index is 1370. The summed E-state index contributed by atoms with van der Waals surface area (Å²) in [6.45, 7) is 7.83. The molecule has 35 heavy (non-hydrogen) atoms. The molecule has 1 aliphatic heterocycles. The Morgan fingerprint density at radius 2 is 1.91 bits per heavy atom. The molecule has 0 spiro atoms. The fourth-order valence-electron chi connectivity index (χ4n) is 5.63. The Morgan fingerprint density at radius 1 is 1.14 bits per heavy atom. The van der Waals surface area contributed by atoms with E-state index in [0.717, 1.165) is 42.6 Å². The number of nitrogens with zero attached hydrogens (tertiary/aromatic N) is 5. The number of pyridine rings is 2. The fraction of sp³-hybridized carbons (Fsp3) is 0.464. The summed E-state index contributed by atoms with van der Waals surface area (Å²) >= 11 is 0. The van der Waals surface area contributed by atoms with E-state index in [1.54, 1.807) is 35.9 Å². The number of hydrogen-bond acceptors (Lipinski definition) is 5. The molecule has 1 aromatic carbocycles. The number of rotatable bonds is 5. The van der Waals surface area contributed by atoms with Gasteiger partial charge in [0.25, 0.3) is 5.56 Å². The van der Waals surface area contributed by atoms with Crippen molar-refractivity contribution in [1.29, 1.82) is 5.26 Å². The molecule has 6 nitrogen and oxygen atoms in total. The highest BCUT2D eigenvalue weighted by Crippen LogP contribution is 2.41. The van der Waals surface area contributed by atoms with E-state index < -0.39 is 0 Å². The number of aromatic nitrogens is 2. The molecule has 7 heteroatoms. The number of benzene rings is 1. The molecule has 1 saturated heterocycles. The largest absolute Gasteiger partial charge is 0.364 e. The lowest BCUT2D eigenvalue weighted by Crippen LogP contribution is -2.57. The second kappa shape index (κ2) is 9.09. The minimum Gasteiger partial charge on any atom is -0.364 e. The molecule has 0 amide bonds. The van der Waals surface area contributed by atoms with Crippen molar-refractivity contribution in [2.45, 2.75) is 64.1 Å². The van der Waals surface area contributed by atoms with Gasteiger partial charge in [-0.3, -0.25) is 9.69 Å². The molecule has 2 aliphatic rings. The van der Waals surface area contributed by atoms with Gasteiger partial charge in [-0.15, -0.1) is 0 Å². The maximum Gasteiger partial charge on any atom is 0.252 e. The van der Waals surface area contributed by atoms with Crippen molar-refractivity contribution < 1.29 is 4.39 Å². The Morgan fingerprint density at radius 3 is 2.57 bits per heavy atom. The molecule has 182 valence electrons. The number of fused-ring (bicyclic) bond motifs is 1. The van der Waals surface area contributed by atoms with E-state index in [4.69, 9.17) is 0 Å². The van der Waals surface area contributed by atoms with E-state index in [2.05, 4.69) is 47.7 Å². The number of anilines is 1. The smallest absolute Gasteiger partial charge is 0.252 e. The molecule has 3 atom stereocenters. The highest BCUT2D eigenvalue weighted by Gasteiger charge is 2.36. The standard InChI is InChI=1S/C28H32FN5O/c1-5-24(22-10-8-20(12-23(22)29)19-6-7-19)33-15-18(3)34(16-17(33)2)26-13-27(35)32(4)25-11-9-21(14-30)31-28(25)26/h8-13,17-19,24H,5-7,15-16H2,1-4H3/t17-,18+,24?/m1/s1. The number of halogens is 1. The molecule has 0 N–H and O–H groups in total. The van der Waals surface area contributed by atoms with E-state index in [9.17, 15) is 10.1 Å². The first-order valence-electron chi connectivity index (χ1n) is 12.5. The molecule has 3 heterocycles. The molecule has 1 aliphatic carbocycles. The van der Waals surface area contributed by atoms with Gasteiger partial charge >= 0.3 is 0 Å². The van der Waals surface area contributed by atoms with Gasteiger partial charge in [0, 0.05) is 49.9 Å². The summed E-state index contributed by atoms with van der Waals surface area (Å²) in [5.74, 6) is 0.430. The van der Waals surface area contributed by atoms with Gasteiger partial charge in [-0.25, -0.2) is 9.37 Å². The molecule has 0 bridgehead atoms. The third kappa shape index (κ3) is 4.21. The lowest BCUT2D eigenvalue weighted by molar-refractivity contribution is 0.105. The molecule has 5 rings (SSSR count). The van der Waals surface area contributed by atoms with Crippen molar-refractivity contribution in [3.63, 3.8) is 0 Å². The summed E-state index contributed by atoms with van der Waals surface area (Å²) in [4.78, 5) is 21.9. The van der Waals surface area contributed by atoms with Crippen LogP contribution in [-0.2, 0) is 7.05 Å². The van der Waals surface area contributed by atoms with Crippen LogP contribution in [0.15, 0.2) is 41.2 Å². The quantitative estimate of drug-likeness (QED) is 0.529. The van der Waals surface area contributed by atoms with Gasteiger partial charge in [-0.1, -0.05) is 19.1 Å². The minimum atomic E-state index is -0.106. The van der Waals surface area contributed by atoms with Crippen LogP contribution in [0.25, 0.3) is 11.0 Å². The Balaban J connectivity index is 1.47.